The molecule has 1 heterocycles. The number of benzene rings is 1. The second-order valence-corrected chi connectivity index (χ2v) is 6.69. The maximum Gasteiger partial charge on any atom is 0.138 e. The number of aliphatic hydroxyl groups excluding tert-OH is 1. The molecule has 0 spiro atoms. The molecule has 0 radical (unpaired) electrons. The lowest BCUT2D eigenvalue weighted by molar-refractivity contribution is 0.183. The number of nitrogens with zero attached hydrogens (tertiary/aromatic N) is 3. The van der Waals surface area contributed by atoms with Gasteiger partial charge in [0.15, 0.2) is 0 Å². The first kappa shape index (κ1) is 18.9. The van der Waals surface area contributed by atoms with Gasteiger partial charge < -0.3 is 14.6 Å². The quantitative estimate of drug-likeness (QED) is 0.664. The van der Waals surface area contributed by atoms with Crippen LogP contribution < -0.4 is 0 Å². The van der Waals surface area contributed by atoms with Gasteiger partial charge in [-0.2, -0.15) is 0 Å². The number of aliphatic hydroxyl groups is 1. The van der Waals surface area contributed by atoms with Crippen molar-refractivity contribution in [3.8, 4) is 0 Å². The number of aromatic nitrogens is 2. The molecule has 0 saturated heterocycles. The van der Waals surface area contributed by atoms with Gasteiger partial charge in [-0.1, -0.05) is 38.8 Å². The van der Waals surface area contributed by atoms with Crippen molar-refractivity contribution in [2.24, 2.45) is 0 Å². The minimum Gasteiger partial charge on any atom is -0.385 e. The molecule has 1 aromatic carbocycles. The summed E-state index contributed by atoms with van der Waals surface area (Å²) in [6.45, 7) is 10.7. The maximum absolute atomic E-state index is 10.1. The summed E-state index contributed by atoms with van der Waals surface area (Å²) in [6.07, 6.45) is 5.61. The molecule has 0 bridgehead atoms. The Balaban J connectivity index is 2.02. The topological polar surface area (TPSA) is 41.3 Å². The van der Waals surface area contributed by atoms with E-state index in [0.717, 1.165) is 36.4 Å². The van der Waals surface area contributed by atoms with E-state index < -0.39 is 6.10 Å². The predicted octanol–water partition coefficient (Wildman–Crippen LogP) is 4.38. The number of imidazole rings is 1. The molecule has 1 atom stereocenters. The minimum absolute atomic E-state index is 0.534. The molecule has 1 N–H and O–H groups in total. The molecule has 0 aliphatic rings. The van der Waals surface area contributed by atoms with Crippen molar-refractivity contribution >= 4 is 11.0 Å². The molecule has 2 rings (SSSR count). The number of aryl methyl sites for hydroxylation is 1. The molecule has 2 aromatic rings. The third kappa shape index (κ3) is 5.05. The highest BCUT2D eigenvalue weighted by Crippen LogP contribution is 2.21. The third-order valence-corrected chi connectivity index (χ3v) is 4.57. The van der Waals surface area contributed by atoms with Crippen LogP contribution >= 0.6 is 0 Å². The Hall–Kier alpha value is -1.39. The van der Waals surface area contributed by atoms with Crippen LogP contribution in [0.1, 0.15) is 64.8 Å². The van der Waals surface area contributed by atoms with E-state index in [1.807, 2.05) is 18.2 Å². The summed E-state index contributed by atoms with van der Waals surface area (Å²) in [5, 5.41) is 10.1. The Bertz CT molecular complexity index is 598. The average Bonchev–Trinajstić information content (AvgIpc) is 2.96. The van der Waals surface area contributed by atoms with E-state index in [2.05, 4.69) is 34.4 Å². The maximum atomic E-state index is 10.1. The smallest absolute Gasteiger partial charge is 0.138 e. The summed E-state index contributed by atoms with van der Waals surface area (Å²) < 4.78 is 2.19. The van der Waals surface area contributed by atoms with Crippen LogP contribution in [0.25, 0.3) is 11.0 Å². The fourth-order valence-electron chi connectivity index (χ4n) is 3.20. The van der Waals surface area contributed by atoms with Gasteiger partial charge in [-0.15, -0.1) is 0 Å². The lowest BCUT2D eigenvalue weighted by atomic mass is 10.2. The average molecular weight is 332 g/mol. The van der Waals surface area contributed by atoms with Gasteiger partial charge in [0.2, 0.25) is 0 Å². The summed E-state index contributed by atoms with van der Waals surface area (Å²) in [7, 11) is 0. The number of rotatable bonds is 11. The van der Waals surface area contributed by atoms with Gasteiger partial charge in [-0.3, -0.25) is 0 Å². The normalized spacial score (nSPS) is 13.0. The lowest BCUT2D eigenvalue weighted by Crippen LogP contribution is -2.28. The van der Waals surface area contributed by atoms with E-state index in [1.165, 1.54) is 38.8 Å². The molecule has 134 valence electrons. The molecular weight excluding hydrogens is 298 g/mol. The number of hydrogen-bond acceptors (Lipinski definition) is 3. The molecule has 0 amide bonds. The largest absolute Gasteiger partial charge is 0.385 e. The van der Waals surface area contributed by atoms with Crippen LogP contribution in [0, 0.1) is 0 Å². The second-order valence-electron chi connectivity index (χ2n) is 6.69. The standard InChI is InChI=1S/C20H33N3O/c1-4-6-13-22(14-7-5-2)15-10-16-23-19-12-9-8-11-18(19)21-20(23)17(3)24/h8-9,11-12,17,24H,4-7,10,13-16H2,1-3H3. The molecule has 4 nitrogen and oxygen atoms in total. The highest BCUT2D eigenvalue weighted by atomic mass is 16.3. The molecule has 0 aliphatic carbocycles. The van der Waals surface area contributed by atoms with Crippen molar-refractivity contribution in [2.45, 2.75) is 65.5 Å². The molecular formula is C20H33N3O. The molecule has 0 saturated carbocycles. The van der Waals surface area contributed by atoms with Gasteiger partial charge in [0.05, 0.1) is 11.0 Å². The van der Waals surface area contributed by atoms with Crippen LogP contribution in [0.2, 0.25) is 0 Å². The van der Waals surface area contributed by atoms with Crippen molar-refractivity contribution in [1.82, 2.24) is 14.5 Å². The Labute approximate surface area is 146 Å². The second kappa shape index (κ2) is 9.80. The molecule has 1 unspecified atom stereocenters. The van der Waals surface area contributed by atoms with Gasteiger partial charge in [-0.05, 0) is 58.0 Å². The van der Waals surface area contributed by atoms with Crippen molar-refractivity contribution in [2.75, 3.05) is 19.6 Å². The number of unbranched alkanes of at least 4 members (excludes halogenated alkanes) is 2. The number of fused-ring (bicyclic) bond motifs is 1. The van der Waals surface area contributed by atoms with E-state index in [1.54, 1.807) is 6.92 Å². The van der Waals surface area contributed by atoms with Crippen molar-refractivity contribution < 1.29 is 5.11 Å². The SMILES string of the molecule is CCCCN(CCCC)CCCn1c(C(C)O)nc2ccccc21. The van der Waals surface area contributed by atoms with Gasteiger partial charge in [0, 0.05) is 6.54 Å². The van der Waals surface area contributed by atoms with Crippen LogP contribution in [0.15, 0.2) is 24.3 Å². The predicted molar refractivity (Wildman–Crippen MR) is 101 cm³/mol. The van der Waals surface area contributed by atoms with Crippen molar-refractivity contribution in [3.63, 3.8) is 0 Å². The van der Waals surface area contributed by atoms with Crippen LogP contribution in [-0.4, -0.2) is 39.2 Å². The fourth-order valence-corrected chi connectivity index (χ4v) is 3.20. The summed E-state index contributed by atoms with van der Waals surface area (Å²) in [6, 6.07) is 8.16. The molecule has 24 heavy (non-hydrogen) atoms. The number of para-hydroxylation sites is 2. The van der Waals surface area contributed by atoms with E-state index >= 15 is 0 Å². The zero-order valence-corrected chi connectivity index (χ0v) is 15.5. The van der Waals surface area contributed by atoms with Crippen LogP contribution in [-0.2, 0) is 6.54 Å². The van der Waals surface area contributed by atoms with Crippen LogP contribution in [0.3, 0.4) is 0 Å². The van der Waals surface area contributed by atoms with E-state index in [9.17, 15) is 5.11 Å². The highest BCUT2D eigenvalue weighted by molar-refractivity contribution is 5.75. The van der Waals surface area contributed by atoms with Gasteiger partial charge in [0.25, 0.3) is 0 Å². The summed E-state index contributed by atoms with van der Waals surface area (Å²) in [5.74, 6) is 0.782. The first-order chi connectivity index (χ1) is 11.7. The molecule has 0 aliphatic heterocycles. The Morgan fingerprint density at radius 1 is 1.04 bits per heavy atom. The number of hydrogen-bond donors (Lipinski definition) is 1. The van der Waals surface area contributed by atoms with E-state index in [0.29, 0.717) is 0 Å². The van der Waals surface area contributed by atoms with Gasteiger partial charge in [-0.25, -0.2) is 4.98 Å². The summed E-state index contributed by atoms with van der Waals surface area (Å²) in [4.78, 5) is 7.20. The zero-order chi connectivity index (χ0) is 17.4. The zero-order valence-electron chi connectivity index (χ0n) is 15.5. The monoisotopic (exact) mass is 331 g/mol. The van der Waals surface area contributed by atoms with Gasteiger partial charge >= 0.3 is 0 Å². The fraction of sp³-hybridized carbons (Fsp3) is 0.650. The van der Waals surface area contributed by atoms with E-state index in [-0.39, 0.29) is 0 Å². The Morgan fingerprint density at radius 3 is 2.29 bits per heavy atom. The van der Waals surface area contributed by atoms with Crippen molar-refractivity contribution in [1.29, 1.82) is 0 Å². The van der Waals surface area contributed by atoms with E-state index in [4.69, 9.17) is 0 Å². The summed E-state index contributed by atoms with van der Waals surface area (Å²) >= 11 is 0. The summed E-state index contributed by atoms with van der Waals surface area (Å²) in [5.41, 5.74) is 2.10. The van der Waals surface area contributed by atoms with Crippen molar-refractivity contribution in [3.05, 3.63) is 30.1 Å². The lowest BCUT2D eigenvalue weighted by Gasteiger charge is -2.22. The first-order valence-electron chi connectivity index (χ1n) is 9.53. The minimum atomic E-state index is -0.534. The molecule has 4 heteroatoms. The van der Waals surface area contributed by atoms with Crippen LogP contribution in [0.5, 0.6) is 0 Å². The molecule has 0 fully saturated rings. The first-order valence-corrected chi connectivity index (χ1v) is 9.53. The highest BCUT2D eigenvalue weighted by Gasteiger charge is 2.14. The van der Waals surface area contributed by atoms with Gasteiger partial charge in [0.1, 0.15) is 11.9 Å². The third-order valence-electron chi connectivity index (χ3n) is 4.57. The van der Waals surface area contributed by atoms with Crippen LogP contribution in [0.4, 0.5) is 0 Å². The molecule has 1 aromatic heterocycles. The Morgan fingerprint density at radius 2 is 1.67 bits per heavy atom. The Kier molecular flexibility index (Phi) is 7.73.